The van der Waals surface area contributed by atoms with Gasteiger partial charge in [-0.2, -0.15) is 5.10 Å². The van der Waals surface area contributed by atoms with Crippen molar-refractivity contribution in [2.75, 3.05) is 0 Å². The Kier molecular flexibility index (Phi) is 4.88. The summed E-state index contributed by atoms with van der Waals surface area (Å²) in [5, 5.41) is 3.44. The van der Waals surface area contributed by atoms with Crippen LogP contribution in [-0.2, 0) is 0 Å². The zero-order valence-corrected chi connectivity index (χ0v) is 9.72. The van der Waals surface area contributed by atoms with E-state index in [0.29, 0.717) is 5.56 Å². The number of nitrogens with one attached hydrogen (secondary N) is 1. The van der Waals surface area contributed by atoms with E-state index >= 15 is 0 Å². The molecular weight excluding hydrogens is 258 g/mol. The van der Waals surface area contributed by atoms with Crippen molar-refractivity contribution in [2.24, 2.45) is 5.10 Å². The van der Waals surface area contributed by atoms with Gasteiger partial charge in [-0.1, -0.05) is 53.0 Å². The zero-order valence-electron chi connectivity index (χ0n) is 7.45. The highest BCUT2D eigenvalue weighted by molar-refractivity contribution is 6.77. The number of halogens is 3. The topological polar surface area (TPSA) is 41.5 Å². The van der Waals surface area contributed by atoms with E-state index in [1.165, 1.54) is 0 Å². The molecule has 0 atom stereocenters. The smallest absolute Gasteiger partial charge is 0.267 e. The fourth-order valence-corrected chi connectivity index (χ4v) is 0.947. The van der Waals surface area contributed by atoms with Gasteiger partial charge in [0.2, 0.25) is 0 Å². The highest BCUT2D eigenvalue weighted by Crippen LogP contribution is 2.07. The van der Waals surface area contributed by atoms with Crippen LogP contribution < -0.4 is 5.43 Å². The monoisotopic (exact) mass is 264 g/mol. The standard InChI is InChI=1S/C9H7Cl3N2O/c10-7(11)8(12)13-14-9(15)6-4-2-1-3-5-6/h1-5,7H,(H,14,15)/b13-8-. The highest BCUT2D eigenvalue weighted by atomic mass is 35.5. The normalized spacial score (nSPS) is 11.6. The molecule has 0 heterocycles. The van der Waals surface area contributed by atoms with E-state index in [1.54, 1.807) is 30.3 Å². The summed E-state index contributed by atoms with van der Waals surface area (Å²) < 4.78 is 0. The lowest BCUT2D eigenvalue weighted by molar-refractivity contribution is 0.0955. The van der Waals surface area contributed by atoms with Gasteiger partial charge in [-0.3, -0.25) is 4.79 Å². The number of hydrogen-bond acceptors (Lipinski definition) is 2. The highest BCUT2D eigenvalue weighted by Gasteiger charge is 2.07. The van der Waals surface area contributed by atoms with Crippen molar-refractivity contribution in [3.8, 4) is 0 Å². The number of carbonyl (C=O) groups excluding carboxylic acids is 1. The van der Waals surface area contributed by atoms with Crippen LogP contribution >= 0.6 is 34.8 Å². The first-order valence-corrected chi connectivity index (χ1v) is 5.23. The van der Waals surface area contributed by atoms with Crippen LogP contribution in [0.15, 0.2) is 35.4 Å². The van der Waals surface area contributed by atoms with E-state index < -0.39 is 4.84 Å². The fourth-order valence-electron chi connectivity index (χ4n) is 0.807. The number of benzene rings is 1. The van der Waals surface area contributed by atoms with E-state index in [-0.39, 0.29) is 11.1 Å². The summed E-state index contributed by atoms with van der Waals surface area (Å²) in [5.41, 5.74) is 2.71. The van der Waals surface area contributed by atoms with Gasteiger partial charge in [0, 0.05) is 5.56 Å². The number of amides is 1. The van der Waals surface area contributed by atoms with Crippen molar-refractivity contribution >= 4 is 45.9 Å². The predicted octanol–water partition coefficient (Wildman–Crippen LogP) is 2.77. The average molecular weight is 266 g/mol. The van der Waals surface area contributed by atoms with E-state index in [0.717, 1.165) is 0 Å². The van der Waals surface area contributed by atoms with E-state index in [1.807, 2.05) is 0 Å². The Hall–Kier alpha value is -0.770. The molecule has 0 fully saturated rings. The summed E-state index contributed by atoms with van der Waals surface area (Å²) in [6.45, 7) is 0. The average Bonchev–Trinajstić information content (AvgIpc) is 2.26. The molecule has 0 radical (unpaired) electrons. The zero-order chi connectivity index (χ0) is 11.3. The number of hydrazone groups is 1. The van der Waals surface area contributed by atoms with Gasteiger partial charge in [-0.05, 0) is 12.1 Å². The molecule has 80 valence electrons. The predicted molar refractivity (Wildman–Crippen MR) is 62.7 cm³/mol. The molecule has 0 unspecified atom stereocenters. The molecule has 0 bridgehead atoms. The Morgan fingerprint density at radius 3 is 2.40 bits per heavy atom. The molecule has 1 aromatic rings. The van der Waals surface area contributed by atoms with Gasteiger partial charge >= 0.3 is 0 Å². The Labute approximate surface area is 102 Å². The molecule has 15 heavy (non-hydrogen) atoms. The molecule has 3 nitrogen and oxygen atoms in total. The SMILES string of the molecule is O=C(N/N=C(\Cl)C(Cl)Cl)c1ccccc1. The summed E-state index contributed by atoms with van der Waals surface area (Å²) in [5.74, 6) is -0.372. The minimum atomic E-state index is -0.942. The number of hydrogen-bond donors (Lipinski definition) is 1. The molecule has 0 aliphatic rings. The first-order valence-electron chi connectivity index (χ1n) is 3.98. The Morgan fingerprint density at radius 1 is 1.27 bits per heavy atom. The number of carbonyl (C=O) groups is 1. The van der Waals surface area contributed by atoms with E-state index in [2.05, 4.69) is 10.5 Å². The van der Waals surface area contributed by atoms with Gasteiger partial charge < -0.3 is 0 Å². The fraction of sp³-hybridized carbons (Fsp3) is 0.111. The molecule has 1 N–H and O–H groups in total. The maximum absolute atomic E-state index is 11.4. The van der Waals surface area contributed by atoms with Gasteiger partial charge in [-0.25, -0.2) is 5.43 Å². The molecule has 0 aliphatic heterocycles. The summed E-state index contributed by atoms with van der Waals surface area (Å²) in [6, 6.07) is 8.59. The number of nitrogens with zero attached hydrogens (tertiary/aromatic N) is 1. The van der Waals surface area contributed by atoms with Gasteiger partial charge in [0.25, 0.3) is 5.91 Å². The van der Waals surface area contributed by atoms with Crippen LogP contribution in [0.5, 0.6) is 0 Å². The maximum Gasteiger partial charge on any atom is 0.271 e. The van der Waals surface area contributed by atoms with Gasteiger partial charge in [0.05, 0.1) is 0 Å². The van der Waals surface area contributed by atoms with Gasteiger partial charge in [-0.15, -0.1) is 0 Å². The minimum Gasteiger partial charge on any atom is -0.267 e. The number of alkyl halides is 2. The van der Waals surface area contributed by atoms with Crippen LogP contribution in [-0.4, -0.2) is 15.9 Å². The van der Waals surface area contributed by atoms with Gasteiger partial charge in [0.15, 0.2) is 10.0 Å². The van der Waals surface area contributed by atoms with Crippen LogP contribution in [0.4, 0.5) is 0 Å². The van der Waals surface area contributed by atoms with E-state index in [9.17, 15) is 4.79 Å². The van der Waals surface area contributed by atoms with Crippen molar-refractivity contribution in [2.45, 2.75) is 4.84 Å². The molecule has 1 amide bonds. The summed E-state index contributed by atoms with van der Waals surface area (Å²) in [4.78, 5) is 10.5. The van der Waals surface area contributed by atoms with Crippen molar-refractivity contribution in [1.82, 2.24) is 5.43 Å². The van der Waals surface area contributed by atoms with Crippen molar-refractivity contribution in [3.05, 3.63) is 35.9 Å². The molecular formula is C9H7Cl3N2O. The van der Waals surface area contributed by atoms with Crippen LogP contribution in [0.25, 0.3) is 0 Å². The second-order valence-corrected chi connectivity index (χ2v) is 4.03. The van der Waals surface area contributed by atoms with Crippen LogP contribution in [0.1, 0.15) is 10.4 Å². The summed E-state index contributed by atoms with van der Waals surface area (Å²) in [7, 11) is 0. The van der Waals surface area contributed by atoms with E-state index in [4.69, 9.17) is 34.8 Å². The third kappa shape index (κ3) is 4.08. The molecule has 0 saturated heterocycles. The third-order valence-electron chi connectivity index (χ3n) is 1.48. The first kappa shape index (κ1) is 12.3. The van der Waals surface area contributed by atoms with Crippen LogP contribution in [0, 0.1) is 0 Å². The summed E-state index contributed by atoms with van der Waals surface area (Å²) >= 11 is 16.3. The maximum atomic E-state index is 11.4. The second-order valence-electron chi connectivity index (χ2n) is 2.54. The third-order valence-corrected chi connectivity index (χ3v) is 2.42. The van der Waals surface area contributed by atoms with Gasteiger partial charge in [0.1, 0.15) is 0 Å². The number of rotatable bonds is 3. The lowest BCUT2D eigenvalue weighted by Crippen LogP contribution is -2.19. The first-order chi connectivity index (χ1) is 7.11. The Balaban J connectivity index is 2.62. The molecule has 6 heteroatoms. The summed E-state index contributed by atoms with van der Waals surface area (Å²) in [6.07, 6.45) is 0. The lowest BCUT2D eigenvalue weighted by atomic mass is 10.2. The Morgan fingerprint density at radius 2 is 1.87 bits per heavy atom. The lowest BCUT2D eigenvalue weighted by Gasteiger charge is -2.00. The quantitative estimate of drug-likeness (QED) is 0.510. The van der Waals surface area contributed by atoms with Crippen molar-refractivity contribution in [3.63, 3.8) is 0 Å². The molecule has 1 aromatic carbocycles. The van der Waals surface area contributed by atoms with Crippen LogP contribution in [0.2, 0.25) is 0 Å². The van der Waals surface area contributed by atoms with Crippen molar-refractivity contribution in [1.29, 1.82) is 0 Å². The largest absolute Gasteiger partial charge is 0.271 e. The van der Waals surface area contributed by atoms with Crippen molar-refractivity contribution < 1.29 is 4.79 Å². The molecule has 0 spiro atoms. The minimum absolute atomic E-state index is 0.0809. The molecule has 0 saturated carbocycles. The molecule has 0 aliphatic carbocycles. The van der Waals surface area contributed by atoms with Crippen LogP contribution in [0.3, 0.4) is 0 Å². The molecule has 1 rings (SSSR count). The second kappa shape index (κ2) is 5.95. The molecule has 0 aromatic heterocycles. The Bertz CT molecular complexity index is 365.